The van der Waals surface area contributed by atoms with Crippen molar-refractivity contribution in [2.24, 2.45) is 0 Å². The monoisotopic (exact) mass is 236 g/mol. The number of aromatic nitrogens is 2. The van der Waals surface area contributed by atoms with Crippen molar-refractivity contribution in [2.75, 3.05) is 6.26 Å². The lowest BCUT2D eigenvalue weighted by Crippen LogP contribution is -1.91. The molecule has 0 amide bonds. The van der Waals surface area contributed by atoms with E-state index < -0.39 is 0 Å². The Balaban J connectivity index is 2.39. The third kappa shape index (κ3) is 1.39. The third-order valence-corrected chi connectivity index (χ3v) is 4.70. The molecule has 2 heterocycles. The van der Waals surface area contributed by atoms with Gasteiger partial charge in [0.25, 0.3) is 0 Å². The Bertz CT molecular complexity index is 531. The summed E-state index contributed by atoms with van der Waals surface area (Å²) in [5, 5.41) is 2.50. The Kier molecular flexibility index (Phi) is 2.21. The van der Waals surface area contributed by atoms with E-state index in [1.54, 1.807) is 16.6 Å². The Hall–Kier alpha value is -0.610. The molecule has 0 spiro atoms. The fourth-order valence-corrected chi connectivity index (χ4v) is 4.23. The summed E-state index contributed by atoms with van der Waals surface area (Å²) in [6, 6.07) is 0. The van der Waals surface area contributed by atoms with Crippen molar-refractivity contribution in [1.82, 2.24) is 9.97 Å². The number of thiophene rings is 1. The normalized spacial score (nSPS) is 14.8. The van der Waals surface area contributed by atoms with Crippen LogP contribution in [0.2, 0.25) is 0 Å². The molecule has 2 aromatic rings. The average molecular weight is 236 g/mol. The lowest BCUT2D eigenvalue weighted by molar-refractivity contribution is 0.914. The molecule has 0 saturated heterocycles. The van der Waals surface area contributed by atoms with E-state index in [4.69, 9.17) is 0 Å². The fourth-order valence-electron chi connectivity index (χ4n) is 2.21. The molecule has 0 aromatic carbocycles. The highest BCUT2D eigenvalue weighted by Gasteiger charge is 2.21. The number of rotatable bonds is 1. The van der Waals surface area contributed by atoms with Gasteiger partial charge in [0.05, 0.1) is 0 Å². The predicted molar refractivity (Wildman–Crippen MR) is 66.0 cm³/mol. The van der Waals surface area contributed by atoms with Gasteiger partial charge in [-0.3, -0.25) is 0 Å². The first kappa shape index (κ1) is 9.60. The van der Waals surface area contributed by atoms with Gasteiger partial charge in [-0.1, -0.05) is 0 Å². The van der Waals surface area contributed by atoms with Crippen molar-refractivity contribution >= 4 is 33.3 Å². The zero-order valence-electron chi connectivity index (χ0n) is 8.83. The van der Waals surface area contributed by atoms with Crippen molar-refractivity contribution in [3.63, 3.8) is 0 Å². The van der Waals surface area contributed by atoms with Crippen LogP contribution >= 0.6 is 23.1 Å². The number of aryl methyl sites for hydroxylation is 3. The Morgan fingerprint density at radius 2 is 2.13 bits per heavy atom. The SMILES string of the molecule is CSc1nc(C)nc2sc3c(c12)CCC3. The molecule has 78 valence electrons. The molecule has 0 atom stereocenters. The van der Waals surface area contributed by atoms with E-state index in [9.17, 15) is 0 Å². The number of hydrogen-bond acceptors (Lipinski definition) is 4. The molecule has 0 radical (unpaired) electrons. The minimum absolute atomic E-state index is 0.895. The highest BCUT2D eigenvalue weighted by molar-refractivity contribution is 7.98. The van der Waals surface area contributed by atoms with E-state index in [1.165, 1.54) is 35.0 Å². The zero-order chi connectivity index (χ0) is 10.4. The molecule has 0 N–H and O–H groups in total. The van der Waals surface area contributed by atoms with Crippen LogP contribution in [0.1, 0.15) is 22.7 Å². The Morgan fingerprint density at radius 3 is 2.93 bits per heavy atom. The van der Waals surface area contributed by atoms with Crippen molar-refractivity contribution in [3.05, 3.63) is 16.3 Å². The molecular formula is C11H12N2S2. The van der Waals surface area contributed by atoms with E-state index in [-0.39, 0.29) is 0 Å². The summed E-state index contributed by atoms with van der Waals surface area (Å²) < 4.78 is 0. The highest BCUT2D eigenvalue weighted by atomic mass is 32.2. The summed E-state index contributed by atoms with van der Waals surface area (Å²) in [6.45, 7) is 1.98. The molecule has 3 rings (SSSR count). The molecule has 4 heteroatoms. The lowest BCUT2D eigenvalue weighted by Gasteiger charge is -2.01. The Morgan fingerprint density at radius 1 is 1.27 bits per heavy atom. The number of thioether (sulfide) groups is 1. The molecule has 0 unspecified atom stereocenters. The van der Waals surface area contributed by atoms with Gasteiger partial charge in [0.1, 0.15) is 15.7 Å². The van der Waals surface area contributed by atoms with Crippen LogP contribution in [0.3, 0.4) is 0 Å². The summed E-state index contributed by atoms with van der Waals surface area (Å²) in [5.41, 5.74) is 1.53. The zero-order valence-corrected chi connectivity index (χ0v) is 10.5. The molecule has 15 heavy (non-hydrogen) atoms. The van der Waals surface area contributed by atoms with Gasteiger partial charge in [0.15, 0.2) is 0 Å². The molecule has 2 nitrogen and oxygen atoms in total. The van der Waals surface area contributed by atoms with Crippen LogP contribution in [0.25, 0.3) is 10.2 Å². The largest absolute Gasteiger partial charge is 0.226 e. The molecular weight excluding hydrogens is 224 g/mol. The summed E-state index contributed by atoms with van der Waals surface area (Å²) in [7, 11) is 0. The molecule has 1 aliphatic carbocycles. The second kappa shape index (κ2) is 3.46. The number of fused-ring (bicyclic) bond motifs is 3. The van der Waals surface area contributed by atoms with Gasteiger partial charge in [0, 0.05) is 10.3 Å². The maximum atomic E-state index is 4.54. The summed E-state index contributed by atoms with van der Waals surface area (Å²) in [5.74, 6) is 0.895. The van der Waals surface area contributed by atoms with Crippen LogP contribution < -0.4 is 0 Å². The number of hydrogen-bond donors (Lipinski definition) is 0. The van der Waals surface area contributed by atoms with Crippen LogP contribution in [0.4, 0.5) is 0 Å². The van der Waals surface area contributed by atoms with Crippen molar-refractivity contribution in [2.45, 2.75) is 31.2 Å². The lowest BCUT2D eigenvalue weighted by atomic mass is 10.2. The number of nitrogens with zero attached hydrogens (tertiary/aromatic N) is 2. The van der Waals surface area contributed by atoms with E-state index in [2.05, 4.69) is 16.2 Å². The topological polar surface area (TPSA) is 25.8 Å². The minimum atomic E-state index is 0.895. The van der Waals surface area contributed by atoms with Gasteiger partial charge in [-0.05, 0) is 38.0 Å². The van der Waals surface area contributed by atoms with Gasteiger partial charge < -0.3 is 0 Å². The van der Waals surface area contributed by atoms with Gasteiger partial charge in [-0.15, -0.1) is 23.1 Å². The fraction of sp³-hybridized carbons (Fsp3) is 0.455. The van der Waals surface area contributed by atoms with E-state index >= 15 is 0 Å². The standard InChI is InChI=1S/C11H12N2S2/c1-6-12-10(14-2)9-7-4-3-5-8(7)15-11(9)13-6/h3-5H2,1-2H3. The second-order valence-electron chi connectivity index (χ2n) is 3.82. The van der Waals surface area contributed by atoms with Crippen molar-refractivity contribution in [1.29, 1.82) is 0 Å². The molecule has 1 aliphatic rings. The van der Waals surface area contributed by atoms with Crippen LogP contribution in [-0.4, -0.2) is 16.2 Å². The van der Waals surface area contributed by atoms with Crippen molar-refractivity contribution in [3.8, 4) is 0 Å². The minimum Gasteiger partial charge on any atom is -0.226 e. The molecule has 0 aliphatic heterocycles. The summed E-state index contributed by atoms with van der Waals surface area (Å²) >= 11 is 3.60. The van der Waals surface area contributed by atoms with Crippen molar-refractivity contribution < 1.29 is 0 Å². The molecule has 0 bridgehead atoms. The van der Waals surface area contributed by atoms with Crippen LogP contribution in [0.5, 0.6) is 0 Å². The first-order valence-corrected chi connectivity index (χ1v) is 7.16. The summed E-state index contributed by atoms with van der Waals surface area (Å²) in [6.07, 6.45) is 5.86. The van der Waals surface area contributed by atoms with Crippen LogP contribution in [0.15, 0.2) is 5.03 Å². The van der Waals surface area contributed by atoms with E-state index in [0.29, 0.717) is 0 Å². The maximum Gasteiger partial charge on any atom is 0.128 e. The maximum absolute atomic E-state index is 4.54. The molecule has 2 aromatic heterocycles. The highest BCUT2D eigenvalue weighted by Crippen LogP contribution is 2.39. The quantitative estimate of drug-likeness (QED) is 0.561. The van der Waals surface area contributed by atoms with Gasteiger partial charge in [0.2, 0.25) is 0 Å². The Labute approximate surface area is 97.1 Å². The van der Waals surface area contributed by atoms with E-state index in [0.717, 1.165) is 10.9 Å². The van der Waals surface area contributed by atoms with Gasteiger partial charge in [-0.25, -0.2) is 9.97 Å². The third-order valence-electron chi connectivity index (χ3n) is 2.84. The average Bonchev–Trinajstić information content (AvgIpc) is 2.75. The van der Waals surface area contributed by atoms with Gasteiger partial charge >= 0.3 is 0 Å². The van der Waals surface area contributed by atoms with Crippen LogP contribution in [0, 0.1) is 6.92 Å². The first-order valence-electron chi connectivity index (χ1n) is 5.12. The predicted octanol–water partition coefficient (Wildman–Crippen LogP) is 3.21. The second-order valence-corrected chi connectivity index (χ2v) is 5.70. The van der Waals surface area contributed by atoms with Crippen LogP contribution in [-0.2, 0) is 12.8 Å². The smallest absolute Gasteiger partial charge is 0.128 e. The van der Waals surface area contributed by atoms with E-state index in [1.807, 2.05) is 18.3 Å². The first-order chi connectivity index (χ1) is 7.29. The molecule has 0 fully saturated rings. The molecule has 0 saturated carbocycles. The summed E-state index contributed by atoms with van der Waals surface area (Å²) in [4.78, 5) is 11.8. The van der Waals surface area contributed by atoms with Gasteiger partial charge in [-0.2, -0.15) is 0 Å².